The van der Waals surface area contributed by atoms with Crippen molar-refractivity contribution in [3.8, 4) is 0 Å². The Bertz CT molecular complexity index is 186. The molecule has 4 fully saturated rings. The van der Waals surface area contributed by atoms with Gasteiger partial charge in [-0.25, -0.2) is 0 Å². The van der Waals surface area contributed by atoms with Crippen molar-refractivity contribution in [3.63, 3.8) is 0 Å². The van der Waals surface area contributed by atoms with Crippen molar-refractivity contribution >= 4 is 0 Å². The average Bonchev–Trinajstić information content (AvgIpc) is 2.12. The SMILES string of the molecule is OCCCC12CC3CC(CC(C3)C1)C2. The van der Waals surface area contributed by atoms with Crippen LogP contribution in [0, 0.1) is 23.2 Å². The Labute approximate surface area is 86.9 Å². The van der Waals surface area contributed by atoms with E-state index in [-0.39, 0.29) is 0 Å². The minimum atomic E-state index is 0.405. The molecule has 0 unspecified atom stereocenters. The van der Waals surface area contributed by atoms with Crippen LogP contribution < -0.4 is 0 Å². The molecule has 0 spiro atoms. The van der Waals surface area contributed by atoms with Crippen LogP contribution in [0.4, 0.5) is 0 Å². The molecule has 0 aromatic rings. The van der Waals surface area contributed by atoms with Crippen LogP contribution in [0.2, 0.25) is 0 Å². The summed E-state index contributed by atoms with van der Waals surface area (Å²) in [5.74, 6) is 3.21. The largest absolute Gasteiger partial charge is 0.396 e. The summed E-state index contributed by atoms with van der Waals surface area (Å²) in [5, 5.41) is 8.97. The summed E-state index contributed by atoms with van der Waals surface area (Å²) in [6.07, 6.45) is 11.5. The molecule has 1 heteroatoms. The Morgan fingerprint density at radius 1 is 0.929 bits per heavy atom. The maximum atomic E-state index is 8.97. The molecule has 0 saturated heterocycles. The molecule has 0 aliphatic heterocycles. The van der Waals surface area contributed by atoms with Gasteiger partial charge in [0.05, 0.1) is 0 Å². The van der Waals surface area contributed by atoms with Crippen LogP contribution in [0.5, 0.6) is 0 Å². The van der Waals surface area contributed by atoms with E-state index in [0.717, 1.165) is 24.2 Å². The molecule has 4 rings (SSSR count). The molecule has 4 aliphatic carbocycles. The second kappa shape index (κ2) is 3.23. The first-order chi connectivity index (χ1) is 6.80. The third-order valence-corrected chi connectivity index (χ3v) is 5.03. The van der Waals surface area contributed by atoms with Crippen LogP contribution in [0.1, 0.15) is 51.4 Å². The van der Waals surface area contributed by atoms with Crippen LogP contribution in [-0.2, 0) is 0 Å². The van der Waals surface area contributed by atoms with Crippen molar-refractivity contribution < 1.29 is 5.11 Å². The summed E-state index contributed by atoms with van der Waals surface area (Å²) in [6.45, 7) is 0.405. The molecule has 0 heterocycles. The van der Waals surface area contributed by atoms with Gasteiger partial charge in [0.15, 0.2) is 0 Å². The summed E-state index contributed by atoms with van der Waals surface area (Å²) in [4.78, 5) is 0. The molecule has 80 valence electrons. The Morgan fingerprint density at radius 2 is 1.43 bits per heavy atom. The van der Waals surface area contributed by atoms with E-state index in [1.54, 1.807) is 0 Å². The van der Waals surface area contributed by atoms with Gasteiger partial charge in [0, 0.05) is 6.61 Å². The summed E-state index contributed by atoms with van der Waals surface area (Å²) in [5.41, 5.74) is 0.692. The minimum absolute atomic E-state index is 0.405. The van der Waals surface area contributed by atoms with Crippen molar-refractivity contribution in [2.75, 3.05) is 6.61 Å². The predicted molar refractivity (Wildman–Crippen MR) is 56.9 cm³/mol. The topological polar surface area (TPSA) is 20.2 Å². The molecule has 0 atom stereocenters. The zero-order chi connectivity index (χ0) is 9.60. The fourth-order valence-corrected chi connectivity index (χ4v) is 5.05. The van der Waals surface area contributed by atoms with E-state index in [1.807, 2.05) is 0 Å². The van der Waals surface area contributed by atoms with E-state index in [2.05, 4.69) is 0 Å². The van der Waals surface area contributed by atoms with Crippen molar-refractivity contribution in [2.24, 2.45) is 23.2 Å². The van der Waals surface area contributed by atoms with Gasteiger partial charge in [0.25, 0.3) is 0 Å². The van der Waals surface area contributed by atoms with Gasteiger partial charge in [-0.2, -0.15) is 0 Å². The standard InChI is InChI=1S/C13H22O/c14-3-1-2-13-7-10-4-11(8-13)6-12(5-10)9-13/h10-12,14H,1-9H2. The van der Waals surface area contributed by atoms with Crippen LogP contribution >= 0.6 is 0 Å². The Morgan fingerprint density at radius 3 is 1.86 bits per heavy atom. The van der Waals surface area contributed by atoms with Crippen LogP contribution in [0.15, 0.2) is 0 Å². The van der Waals surface area contributed by atoms with Crippen LogP contribution in [0.3, 0.4) is 0 Å². The van der Waals surface area contributed by atoms with Gasteiger partial charge in [-0.3, -0.25) is 0 Å². The van der Waals surface area contributed by atoms with Crippen molar-refractivity contribution in [2.45, 2.75) is 51.4 Å². The molecular formula is C13H22O. The fourth-order valence-electron chi connectivity index (χ4n) is 5.05. The summed E-state index contributed by atoms with van der Waals surface area (Å²) >= 11 is 0. The number of aliphatic hydroxyl groups excluding tert-OH is 1. The van der Waals surface area contributed by atoms with Crippen molar-refractivity contribution in [3.05, 3.63) is 0 Å². The number of aliphatic hydroxyl groups is 1. The van der Waals surface area contributed by atoms with Gasteiger partial charge in [0.1, 0.15) is 0 Å². The average molecular weight is 194 g/mol. The van der Waals surface area contributed by atoms with Crippen molar-refractivity contribution in [1.29, 1.82) is 0 Å². The molecule has 0 radical (unpaired) electrons. The van der Waals surface area contributed by atoms with Crippen LogP contribution in [0.25, 0.3) is 0 Å². The molecule has 4 bridgehead atoms. The molecule has 1 nitrogen and oxygen atoms in total. The number of hydrogen-bond acceptors (Lipinski definition) is 1. The number of hydrogen-bond donors (Lipinski definition) is 1. The third kappa shape index (κ3) is 1.41. The third-order valence-electron chi connectivity index (χ3n) is 5.03. The van der Waals surface area contributed by atoms with Gasteiger partial charge in [-0.15, -0.1) is 0 Å². The molecular weight excluding hydrogens is 172 g/mol. The Balaban J connectivity index is 1.74. The molecule has 14 heavy (non-hydrogen) atoms. The zero-order valence-electron chi connectivity index (χ0n) is 9.04. The zero-order valence-corrected chi connectivity index (χ0v) is 9.04. The molecule has 1 N–H and O–H groups in total. The summed E-state index contributed by atoms with van der Waals surface area (Å²) in [7, 11) is 0. The lowest BCUT2D eigenvalue weighted by atomic mass is 9.48. The number of rotatable bonds is 3. The van der Waals surface area contributed by atoms with Gasteiger partial charge in [-0.1, -0.05) is 0 Å². The van der Waals surface area contributed by atoms with Crippen molar-refractivity contribution in [1.82, 2.24) is 0 Å². The lowest BCUT2D eigenvalue weighted by molar-refractivity contribution is -0.0596. The lowest BCUT2D eigenvalue weighted by Crippen LogP contribution is -2.46. The minimum Gasteiger partial charge on any atom is -0.396 e. The predicted octanol–water partition coefficient (Wildman–Crippen LogP) is 2.98. The van der Waals surface area contributed by atoms with Gasteiger partial charge >= 0.3 is 0 Å². The maximum Gasteiger partial charge on any atom is 0.0431 e. The van der Waals surface area contributed by atoms with E-state index in [9.17, 15) is 0 Å². The van der Waals surface area contributed by atoms with E-state index < -0.39 is 0 Å². The Kier molecular flexibility index (Phi) is 2.12. The van der Waals surface area contributed by atoms with Gasteiger partial charge in [0.2, 0.25) is 0 Å². The highest BCUT2D eigenvalue weighted by Gasteiger charge is 2.50. The van der Waals surface area contributed by atoms with E-state index >= 15 is 0 Å². The molecule has 4 saturated carbocycles. The lowest BCUT2D eigenvalue weighted by Gasteiger charge is -2.57. The van der Waals surface area contributed by atoms with E-state index in [1.165, 1.54) is 44.9 Å². The maximum absolute atomic E-state index is 8.97. The molecule has 4 aliphatic rings. The van der Waals surface area contributed by atoms with Gasteiger partial charge in [-0.05, 0) is 74.5 Å². The highest BCUT2D eigenvalue weighted by molar-refractivity contribution is 5.01. The first kappa shape index (κ1) is 9.21. The van der Waals surface area contributed by atoms with Crippen LogP contribution in [-0.4, -0.2) is 11.7 Å². The first-order valence-corrected chi connectivity index (χ1v) is 6.40. The first-order valence-electron chi connectivity index (χ1n) is 6.40. The smallest absolute Gasteiger partial charge is 0.0431 e. The van der Waals surface area contributed by atoms with Gasteiger partial charge < -0.3 is 5.11 Å². The normalized spacial score (nSPS) is 49.9. The van der Waals surface area contributed by atoms with E-state index in [0.29, 0.717) is 12.0 Å². The monoisotopic (exact) mass is 194 g/mol. The quantitative estimate of drug-likeness (QED) is 0.732. The molecule has 0 aromatic heterocycles. The highest BCUT2D eigenvalue weighted by Crippen LogP contribution is 2.61. The highest BCUT2D eigenvalue weighted by atomic mass is 16.2. The Hall–Kier alpha value is -0.0400. The second-order valence-corrected chi connectivity index (χ2v) is 6.24. The summed E-state index contributed by atoms with van der Waals surface area (Å²) in [6, 6.07) is 0. The summed E-state index contributed by atoms with van der Waals surface area (Å²) < 4.78 is 0. The fraction of sp³-hybridized carbons (Fsp3) is 1.00. The molecule has 0 amide bonds. The second-order valence-electron chi connectivity index (χ2n) is 6.24. The molecule has 0 aromatic carbocycles. The van der Waals surface area contributed by atoms with E-state index in [4.69, 9.17) is 5.11 Å².